The Bertz CT molecular complexity index is 479. The molecule has 0 atom stereocenters. The minimum Gasteiger partial charge on any atom is -0.507 e. The van der Waals surface area contributed by atoms with Gasteiger partial charge < -0.3 is 14.7 Å². The summed E-state index contributed by atoms with van der Waals surface area (Å²) in [6.45, 7) is 2.26. The molecular weight excluding hydrogens is 254 g/mol. The highest BCUT2D eigenvalue weighted by Gasteiger charge is 2.26. The normalized spacial score (nSPS) is 22.4. The fourth-order valence-corrected chi connectivity index (χ4v) is 2.80. The van der Waals surface area contributed by atoms with Crippen LogP contribution >= 0.6 is 0 Å². The predicted octanol–water partition coefficient (Wildman–Crippen LogP) is 3.05. The van der Waals surface area contributed by atoms with Crippen molar-refractivity contribution in [3.05, 3.63) is 23.8 Å². The summed E-state index contributed by atoms with van der Waals surface area (Å²) in [7, 11) is 3.37. The van der Waals surface area contributed by atoms with Gasteiger partial charge in [0, 0.05) is 13.1 Å². The van der Waals surface area contributed by atoms with Crippen molar-refractivity contribution >= 4 is 5.91 Å². The van der Waals surface area contributed by atoms with Crippen LogP contribution in [0.15, 0.2) is 18.2 Å². The van der Waals surface area contributed by atoms with Crippen LogP contribution in [0, 0.1) is 5.92 Å². The molecular formula is C16H23NO3. The maximum atomic E-state index is 12.5. The molecule has 110 valence electrons. The zero-order chi connectivity index (χ0) is 14.7. The molecule has 2 rings (SSSR count). The number of methoxy groups -OCH3 is 1. The smallest absolute Gasteiger partial charge is 0.257 e. The molecule has 1 aliphatic rings. The number of amides is 1. The molecule has 4 heteroatoms. The van der Waals surface area contributed by atoms with Gasteiger partial charge in [-0.3, -0.25) is 4.79 Å². The summed E-state index contributed by atoms with van der Waals surface area (Å²) < 4.78 is 5.12. The van der Waals surface area contributed by atoms with Crippen molar-refractivity contribution in [1.82, 2.24) is 4.90 Å². The van der Waals surface area contributed by atoms with E-state index in [4.69, 9.17) is 4.74 Å². The van der Waals surface area contributed by atoms with Crippen molar-refractivity contribution in [3.8, 4) is 11.5 Å². The lowest BCUT2D eigenvalue weighted by molar-refractivity contribution is 0.0676. The van der Waals surface area contributed by atoms with E-state index in [1.807, 2.05) is 7.05 Å². The van der Waals surface area contributed by atoms with E-state index in [1.165, 1.54) is 6.07 Å². The first-order valence-electron chi connectivity index (χ1n) is 7.17. The summed E-state index contributed by atoms with van der Waals surface area (Å²) in [5.74, 6) is 1.20. The van der Waals surface area contributed by atoms with E-state index in [-0.39, 0.29) is 17.7 Å². The van der Waals surface area contributed by atoms with Gasteiger partial charge in [0.2, 0.25) is 0 Å². The van der Waals surface area contributed by atoms with Crippen LogP contribution in [0.25, 0.3) is 0 Å². The number of hydrogen-bond donors (Lipinski definition) is 1. The zero-order valence-corrected chi connectivity index (χ0v) is 12.4. The fraction of sp³-hybridized carbons (Fsp3) is 0.562. The lowest BCUT2D eigenvalue weighted by Gasteiger charge is -2.33. The molecule has 0 unspecified atom stereocenters. The van der Waals surface area contributed by atoms with Crippen molar-refractivity contribution in [2.24, 2.45) is 5.92 Å². The van der Waals surface area contributed by atoms with Gasteiger partial charge >= 0.3 is 0 Å². The van der Waals surface area contributed by atoms with Crippen molar-refractivity contribution < 1.29 is 14.6 Å². The van der Waals surface area contributed by atoms with E-state index >= 15 is 0 Å². The lowest BCUT2D eigenvalue weighted by Crippen LogP contribution is -2.39. The highest BCUT2D eigenvalue weighted by Crippen LogP contribution is 2.29. The van der Waals surface area contributed by atoms with Gasteiger partial charge in [-0.2, -0.15) is 0 Å². The molecule has 1 saturated carbocycles. The van der Waals surface area contributed by atoms with E-state index in [0.29, 0.717) is 11.3 Å². The average molecular weight is 277 g/mol. The standard InChI is InChI=1S/C16H23NO3/c1-11-4-6-12(7-5-11)17(2)16(19)14-10-13(20-3)8-9-15(14)18/h8-12,18H,4-7H2,1-3H3. The highest BCUT2D eigenvalue weighted by molar-refractivity contribution is 5.97. The van der Waals surface area contributed by atoms with Gasteiger partial charge in [0.15, 0.2) is 0 Å². The van der Waals surface area contributed by atoms with Gasteiger partial charge in [0.1, 0.15) is 11.5 Å². The molecule has 0 saturated heterocycles. The molecule has 20 heavy (non-hydrogen) atoms. The van der Waals surface area contributed by atoms with Gasteiger partial charge in [0.05, 0.1) is 12.7 Å². The van der Waals surface area contributed by atoms with E-state index < -0.39 is 0 Å². The number of rotatable bonds is 3. The third kappa shape index (κ3) is 3.06. The van der Waals surface area contributed by atoms with Crippen LogP contribution < -0.4 is 4.74 Å². The van der Waals surface area contributed by atoms with Gasteiger partial charge in [-0.05, 0) is 49.8 Å². The SMILES string of the molecule is COc1ccc(O)c(C(=O)N(C)C2CCC(C)CC2)c1. The van der Waals surface area contributed by atoms with Gasteiger partial charge in [-0.25, -0.2) is 0 Å². The van der Waals surface area contributed by atoms with Crippen molar-refractivity contribution in [2.45, 2.75) is 38.6 Å². The van der Waals surface area contributed by atoms with E-state index in [1.54, 1.807) is 24.1 Å². The second-order valence-electron chi connectivity index (χ2n) is 5.71. The molecule has 1 N–H and O–H groups in total. The largest absolute Gasteiger partial charge is 0.507 e. The highest BCUT2D eigenvalue weighted by atomic mass is 16.5. The molecule has 0 bridgehead atoms. The topological polar surface area (TPSA) is 49.8 Å². The molecule has 1 aliphatic carbocycles. The number of ether oxygens (including phenoxy) is 1. The molecule has 0 aliphatic heterocycles. The first-order chi connectivity index (χ1) is 9.52. The number of carbonyl (C=O) groups excluding carboxylic acids is 1. The third-order valence-corrected chi connectivity index (χ3v) is 4.29. The zero-order valence-electron chi connectivity index (χ0n) is 12.4. The van der Waals surface area contributed by atoms with Crippen LogP contribution in [-0.2, 0) is 0 Å². The van der Waals surface area contributed by atoms with E-state index in [9.17, 15) is 9.90 Å². The molecule has 0 spiro atoms. The monoisotopic (exact) mass is 277 g/mol. The van der Waals surface area contributed by atoms with Crippen LogP contribution in [-0.4, -0.2) is 36.1 Å². The number of phenols is 1. The summed E-state index contributed by atoms with van der Waals surface area (Å²) >= 11 is 0. The Labute approximate surface area is 120 Å². The summed E-state index contributed by atoms with van der Waals surface area (Å²) in [6, 6.07) is 5.01. The Morgan fingerprint density at radius 2 is 1.95 bits per heavy atom. The predicted molar refractivity (Wildman–Crippen MR) is 78.2 cm³/mol. The average Bonchev–Trinajstić information content (AvgIpc) is 2.47. The van der Waals surface area contributed by atoms with Crippen molar-refractivity contribution in [2.75, 3.05) is 14.2 Å². The Morgan fingerprint density at radius 3 is 2.55 bits per heavy atom. The number of carbonyl (C=O) groups is 1. The fourth-order valence-electron chi connectivity index (χ4n) is 2.80. The molecule has 1 aromatic rings. The van der Waals surface area contributed by atoms with E-state index in [2.05, 4.69) is 6.92 Å². The lowest BCUT2D eigenvalue weighted by atomic mass is 9.86. The molecule has 1 amide bonds. The second kappa shape index (κ2) is 6.16. The maximum absolute atomic E-state index is 12.5. The number of benzene rings is 1. The molecule has 0 radical (unpaired) electrons. The Morgan fingerprint density at radius 1 is 1.30 bits per heavy atom. The maximum Gasteiger partial charge on any atom is 0.257 e. The molecule has 1 aromatic carbocycles. The number of phenolic OH excluding ortho intramolecular Hbond substituents is 1. The first-order valence-corrected chi connectivity index (χ1v) is 7.17. The minimum absolute atomic E-state index is 0.00632. The number of hydrogen-bond acceptors (Lipinski definition) is 3. The van der Waals surface area contributed by atoms with Crippen LogP contribution in [0.4, 0.5) is 0 Å². The summed E-state index contributed by atoms with van der Waals surface area (Å²) in [6.07, 6.45) is 4.39. The van der Waals surface area contributed by atoms with Crippen LogP contribution in [0.3, 0.4) is 0 Å². The van der Waals surface area contributed by atoms with Crippen molar-refractivity contribution in [1.29, 1.82) is 0 Å². The van der Waals surface area contributed by atoms with Crippen LogP contribution in [0.5, 0.6) is 11.5 Å². The number of nitrogens with zero attached hydrogens (tertiary/aromatic N) is 1. The van der Waals surface area contributed by atoms with Gasteiger partial charge in [-0.1, -0.05) is 6.92 Å². The Kier molecular flexibility index (Phi) is 4.53. The summed E-state index contributed by atoms with van der Waals surface area (Å²) in [4.78, 5) is 14.3. The van der Waals surface area contributed by atoms with Gasteiger partial charge in [0.25, 0.3) is 5.91 Å². The van der Waals surface area contributed by atoms with E-state index in [0.717, 1.165) is 31.6 Å². The first kappa shape index (κ1) is 14.7. The quantitative estimate of drug-likeness (QED) is 0.923. The molecule has 0 aromatic heterocycles. The minimum atomic E-state index is -0.138. The molecule has 4 nitrogen and oxygen atoms in total. The third-order valence-electron chi connectivity index (χ3n) is 4.29. The molecule has 1 fully saturated rings. The Hall–Kier alpha value is -1.71. The van der Waals surface area contributed by atoms with Gasteiger partial charge in [-0.15, -0.1) is 0 Å². The van der Waals surface area contributed by atoms with Crippen LogP contribution in [0.1, 0.15) is 43.0 Å². The van der Waals surface area contributed by atoms with Crippen molar-refractivity contribution in [3.63, 3.8) is 0 Å². The summed E-state index contributed by atoms with van der Waals surface area (Å²) in [5.41, 5.74) is 0.311. The second-order valence-corrected chi connectivity index (χ2v) is 5.71. The Balaban J connectivity index is 2.14. The summed E-state index contributed by atoms with van der Waals surface area (Å²) in [5, 5.41) is 9.89. The number of aromatic hydroxyl groups is 1. The van der Waals surface area contributed by atoms with Crippen LogP contribution in [0.2, 0.25) is 0 Å². The molecule has 0 heterocycles.